The third kappa shape index (κ3) is 2.93. The highest BCUT2D eigenvalue weighted by molar-refractivity contribution is 5.43. The molecule has 0 radical (unpaired) electrons. The third-order valence-electron chi connectivity index (χ3n) is 2.89. The average Bonchev–Trinajstić information content (AvgIpc) is 2.79. The summed E-state index contributed by atoms with van der Waals surface area (Å²) in [5.41, 5.74) is 2.34. The van der Waals surface area contributed by atoms with Gasteiger partial charge in [0, 0.05) is 30.2 Å². The van der Waals surface area contributed by atoms with E-state index in [0.717, 1.165) is 18.7 Å². The smallest absolute Gasteiger partial charge is 0.0421 e. The monoisotopic (exact) mass is 205 g/mol. The predicted octanol–water partition coefficient (Wildman–Crippen LogP) is 1.81. The number of nitrogens with zero attached hydrogens (tertiary/aromatic N) is 1. The van der Waals surface area contributed by atoms with Crippen molar-refractivity contribution in [3.05, 3.63) is 24.0 Å². The van der Waals surface area contributed by atoms with Gasteiger partial charge in [-0.15, -0.1) is 0 Å². The molecule has 1 aliphatic rings. The second kappa shape index (κ2) is 5.12. The SMILES string of the molecule is CCc1cc(NCC2CCCN2)ccn1. The lowest BCUT2D eigenvalue weighted by Crippen LogP contribution is -2.29. The van der Waals surface area contributed by atoms with E-state index in [4.69, 9.17) is 0 Å². The van der Waals surface area contributed by atoms with E-state index in [9.17, 15) is 0 Å². The van der Waals surface area contributed by atoms with Crippen LogP contribution in [0, 0.1) is 0 Å². The Labute approximate surface area is 91.3 Å². The highest BCUT2D eigenvalue weighted by Gasteiger charge is 2.12. The van der Waals surface area contributed by atoms with Crippen LogP contribution < -0.4 is 10.6 Å². The molecule has 1 aliphatic heterocycles. The fourth-order valence-electron chi connectivity index (χ4n) is 1.95. The molecule has 82 valence electrons. The van der Waals surface area contributed by atoms with E-state index in [0.29, 0.717) is 6.04 Å². The standard InChI is InChI=1S/C12H19N3/c1-2-10-8-11(5-7-14-10)15-9-12-4-3-6-13-12/h5,7-8,12-13H,2-4,6,9H2,1H3,(H,14,15). The van der Waals surface area contributed by atoms with Crippen molar-refractivity contribution in [3.8, 4) is 0 Å². The molecule has 3 nitrogen and oxygen atoms in total. The largest absolute Gasteiger partial charge is 0.383 e. The lowest BCUT2D eigenvalue weighted by molar-refractivity contribution is 0.633. The fraction of sp³-hybridized carbons (Fsp3) is 0.583. The van der Waals surface area contributed by atoms with Gasteiger partial charge in [-0.05, 0) is 37.9 Å². The summed E-state index contributed by atoms with van der Waals surface area (Å²) in [6.45, 7) is 4.32. The van der Waals surface area contributed by atoms with Crippen molar-refractivity contribution in [2.24, 2.45) is 0 Å². The maximum absolute atomic E-state index is 4.28. The molecule has 15 heavy (non-hydrogen) atoms. The molecule has 2 rings (SSSR count). The summed E-state index contributed by atoms with van der Waals surface area (Å²) in [6.07, 6.45) is 5.47. The lowest BCUT2D eigenvalue weighted by atomic mass is 10.2. The molecule has 1 unspecified atom stereocenters. The molecule has 0 aromatic carbocycles. The van der Waals surface area contributed by atoms with Gasteiger partial charge in [0.05, 0.1) is 0 Å². The molecule has 0 saturated carbocycles. The van der Waals surface area contributed by atoms with Gasteiger partial charge in [-0.2, -0.15) is 0 Å². The molecule has 1 aromatic rings. The third-order valence-corrected chi connectivity index (χ3v) is 2.89. The van der Waals surface area contributed by atoms with Crippen molar-refractivity contribution in [1.29, 1.82) is 0 Å². The molecule has 1 atom stereocenters. The zero-order valence-electron chi connectivity index (χ0n) is 9.29. The zero-order chi connectivity index (χ0) is 10.5. The van der Waals surface area contributed by atoms with Crippen LogP contribution in [0.15, 0.2) is 18.3 Å². The van der Waals surface area contributed by atoms with Crippen molar-refractivity contribution in [1.82, 2.24) is 10.3 Å². The van der Waals surface area contributed by atoms with E-state index >= 15 is 0 Å². The molecule has 1 aromatic heterocycles. The first-order valence-electron chi connectivity index (χ1n) is 5.80. The lowest BCUT2D eigenvalue weighted by Gasteiger charge is -2.12. The maximum atomic E-state index is 4.28. The molecule has 2 N–H and O–H groups in total. The number of rotatable bonds is 4. The minimum atomic E-state index is 0.642. The summed E-state index contributed by atoms with van der Waals surface area (Å²) >= 11 is 0. The van der Waals surface area contributed by atoms with Crippen LogP contribution in [0.2, 0.25) is 0 Å². The van der Waals surface area contributed by atoms with E-state index in [-0.39, 0.29) is 0 Å². The minimum Gasteiger partial charge on any atom is -0.383 e. The maximum Gasteiger partial charge on any atom is 0.0421 e. The van der Waals surface area contributed by atoms with Crippen molar-refractivity contribution >= 4 is 5.69 Å². The highest BCUT2D eigenvalue weighted by Crippen LogP contribution is 2.10. The van der Waals surface area contributed by atoms with Gasteiger partial charge in [0.25, 0.3) is 0 Å². The highest BCUT2D eigenvalue weighted by atomic mass is 15.0. The Bertz CT molecular complexity index is 305. The van der Waals surface area contributed by atoms with Crippen LogP contribution in [0.5, 0.6) is 0 Å². The number of aromatic nitrogens is 1. The van der Waals surface area contributed by atoms with Crippen LogP contribution >= 0.6 is 0 Å². The van der Waals surface area contributed by atoms with Gasteiger partial charge in [0.1, 0.15) is 0 Å². The first kappa shape index (κ1) is 10.4. The Kier molecular flexibility index (Phi) is 3.56. The number of anilines is 1. The Hall–Kier alpha value is -1.09. The quantitative estimate of drug-likeness (QED) is 0.787. The normalized spacial score (nSPS) is 20.5. The molecule has 0 amide bonds. The number of hydrogen-bond donors (Lipinski definition) is 2. The van der Waals surface area contributed by atoms with Crippen molar-refractivity contribution in [2.45, 2.75) is 32.2 Å². The summed E-state index contributed by atoms with van der Waals surface area (Å²) in [5.74, 6) is 0. The van der Waals surface area contributed by atoms with E-state index in [1.165, 1.54) is 25.1 Å². The van der Waals surface area contributed by atoms with Gasteiger partial charge in [-0.3, -0.25) is 4.98 Å². The molecule has 0 spiro atoms. The average molecular weight is 205 g/mol. The van der Waals surface area contributed by atoms with Crippen LogP contribution in [0.3, 0.4) is 0 Å². The van der Waals surface area contributed by atoms with E-state index in [1.54, 1.807) is 0 Å². The topological polar surface area (TPSA) is 37.0 Å². The minimum absolute atomic E-state index is 0.642. The second-order valence-electron chi connectivity index (χ2n) is 4.06. The van der Waals surface area contributed by atoms with Gasteiger partial charge in [0.15, 0.2) is 0 Å². The number of aryl methyl sites for hydroxylation is 1. The summed E-state index contributed by atoms with van der Waals surface area (Å²) in [5, 5.41) is 6.94. The predicted molar refractivity (Wildman–Crippen MR) is 63.1 cm³/mol. The molecule has 0 bridgehead atoms. The van der Waals surface area contributed by atoms with Crippen LogP contribution in [-0.2, 0) is 6.42 Å². The van der Waals surface area contributed by atoms with Gasteiger partial charge in [-0.25, -0.2) is 0 Å². The van der Waals surface area contributed by atoms with Crippen molar-refractivity contribution in [3.63, 3.8) is 0 Å². The molecule has 3 heteroatoms. The first-order valence-corrected chi connectivity index (χ1v) is 5.80. The molecule has 0 aliphatic carbocycles. The fourth-order valence-corrected chi connectivity index (χ4v) is 1.95. The van der Waals surface area contributed by atoms with Crippen LogP contribution in [0.1, 0.15) is 25.5 Å². The Morgan fingerprint density at radius 3 is 3.27 bits per heavy atom. The number of nitrogens with one attached hydrogen (secondary N) is 2. The summed E-state index contributed by atoms with van der Waals surface area (Å²) in [4.78, 5) is 4.28. The molecule has 1 fully saturated rings. The molecule has 2 heterocycles. The number of pyridine rings is 1. The Balaban J connectivity index is 1.86. The number of hydrogen-bond acceptors (Lipinski definition) is 3. The summed E-state index contributed by atoms with van der Waals surface area (Å²) < 4.78 is 0. The Morgan fingerprint density at radius 1 is 1.60 bits per heavy atom. The molecular formula is C12H19N3. The summed E-state index contributed by atoms with van der Waals surface area (Å²) in [6, 6.07) is 4.81. The van der Waals surface area contributed by atoms with Crippen LogP contribution in [-0.4, -0.2) is 24.1 Å². The van der Waals surface area contributed by atoms with E-state index in [2.05, 4.69) is 28.6 Å². The van der Waals surface area contributed by atoms with Crippen molar-refractivity contribution < 1.29 is 0 Å². The van der Waals surface area contributed by atoms with Gasteiger partial charge in [-0.1, -0.05) is 6.92 Å². The molecular weight excluding hydrogens is 186 g/mol. The van der Waals surface area contributed by atoms with Gasteiger partial charge >= 0.3 is 0 Å². The van der Waals surface area contributed by atoms with Crippen LogP contribution in [0.25, 0.3) is 0 Å². The molecule has 1 saturated heterocycles. The van der Waals surface area contributed by atoms with Crippen LogP contribution in [0.4, 0.5) is 5.69 Å². The first-order chi connectivity index (χ1) is 7.38. The van der Waals surface area contributed by atoms with Gasteiger partial charge < -0.3 is 10.6 Å². The summed E-state index contributed by atoms with van der Waals surface area (Å²) in [7, 11) is 0. The van der Waals surface area contributed by atoms with E-state index in [1.807, 2.05) is 12.3 Å². The van der Waals surface area contributed by atoms with E-state index < -0.39 is 0 Å². The van der Waals surface area contributed by atoms with Crippen molar-refractivity contribution in [2.75, 3.05) is 18.4 Å². The zero-order valence-corrected chi connectivity index (χ0v) is 9.29. The Morgan fingerprint density at radius 2 is 2.53 bits per heavy atom. The van der Waals surface area contributed by atoms with Gasteiger partial charge in [0.2, 0.25) is 0 Å². The second-order valence-corrected chi connectivity index (χ2v) is 4.06.